The van der Waals surface area contributed by atoms with E-state index in [0.717, 1.165) is 58.8 Å². The third-order valence-corrected chi connectivity index (χ3v) is 5.04. The lowest BCUT2D eigenvalue weighted by molar-refractivity contribution is -0.138. The Morgan fingerprint density at radius 3 is 2.29 bits per heavy atom. The molecule has 2 saturated heterocycles. The molecule has 0 atom stereocenters. The first-order valence-electron chi connectivity index (χ1n) is 8.70. The molecule has 0 bridgehead atoms. The SMILES string of the molecule is FC(F)(F)c1ccccc1CN1CCC(CN2CCOCC2)CC1. The van der Waals surface area contributed by atoms with E-state index in [0.29, 0.717) is 18.0 Å². The van der Waals surface area contributed by atoms with E-state index in [1.807, 2.05) is 0 Å². The summed E-state index contributed by atoms with van der Waals surface area (Å²) in [5.74, 6) is 0.650. The highest BCUT2D eigenvalue weighted by Crippen LogP contribution is 2.33. The second-order valence-electron chi connectivity index (χ2n) is 6.79. The Balaban J connectivity index is 1.51. The minimum Gasteiger partial charge on any atom is -0.379 e. The minimum absolute atomic E-state index is 0.386. The van der Waals surface area contributed by atoms with Crippen LogP contribution in [-0.4, -0.2) is 55.7 Å². The number of alkyl halides is 3. The van der Waals surface area contributed by atoms with E-state index in [9.17, 15) is 13.2 Å². The average molecular weight is 342 g/mol. The van der Waals surface area contributed by atoms with Crippen LogP contribution in [0.2, 0.25) is 0 Å². The Hall–Kier alpha value is -1.11. The van der Waals surface area contributed by atoms with Crippen molar-refractivity contribution in [1.82, 2.24) is 9.80 Å². The predicted octanol–water partition coefficient (Wildman–Crippen LogP) is 3.25. The van der Waals surface area contributed by atoms with Crippen LogP contribution >= 0.6 is 0 Å². The minimum atomic E-state index is -4.27. The maximum atomic E-state index is 13.1. The van der Waals surface area contributed by atoms with Crippen molar-refractivity contribution in [3.05, 3.63) is 35.4 Å². The molecule has 0 N–H and O–H groups in total. The van der Waals surface area contributed by atoms with E-state index in [1.54, 1.807) is 12.1 Å². The molecule has 0 spiro atoms. The number of hydrogen-bond acceptors (Lipinski definition) is 3. The molecule has 0 aromatic heterocycles. The molecule has 2 aliphatic rings. The number of nitrogens with zero attached hydrogens (tertiary/aromatic N) is 2. The summed E-state index contributed by atoms with van der Waals surface area (Å²) in [6, 6.07) is 5.93. The maximum Gasteiger partial charge on any atom is 0.416 e. The lowest BCUT2D eigenvalue weighted by Crippen LogP contribution is -2.42. The van der Waals surface area contributed by atoms with Crippen LogP contribution in [-0.2, 0) is 17.5 Å². The quantitative estimate of drug-likeness (QED) is 0.835. The second-order valence-corrected chi connectivity index (χ2v) is 6.79. The largest absolute Gasteiger partial charge is 0.416 e. The first-order valence-corrected chi connectivity index (χ1v) is 8.70. The fraction of sp³-hybridized carbons (Fsp3) is 0.667. The van der Waals surface area contributed by atoms with Crippen molar-refractivity contribution in [2.75, 3.05) is 45.9 Å². The van der Waals surface area contributed by atoms with E-state index < -0.39 is 11.7 Å². The summed E-state index contributed by atoms with van der Waals surface area (Å²) < 4.78 is 44.6. The number of likely N-dealkylation sites (tertiary alicyclic amines) is 1. The average Bonchev–Trinajstić information content (AvgIpc) is 2.57. The summed E-state index contributed by atoms with van der Waals surface area (Å²) in [5, 5.41) is 0. The third kappa shape index (κ3) is 4.71. The van der Waals surface area contributed by atoms with Crippen LogP contribution in [0.3, 0.4) is 0 Å². The fourth-order valence-corrected chi connectivity index (χ4v) is 3.65. The maximum absolute atomic E-state index is 13.1. The van der Waals surface area contributed by atoms with Gasteiger partial charge >= 0.3 is 6.18 Å². The molecule has 0 saturated carbocycles. The van der Waals surface area contributed by atoms with Crippen LogP contribution in [0, 0.1) is 5.92 Å². The van der Waals surface area contributed by atoms with Crippen LogP contribution in [0.4, 0.5) is 13.2 Å². The second kappa shape index (κ2) is 7.85. The van der Waals surface area contributed by atoms with Gasteiger partial charge in [-0.2, -0.15) is 13.2 Å². The van der Waals surface area contributed by atoms with Gasteiger partial charge in [0.2, 0.25) is 0 Å². The molecule has 0 amide bonds. The normalized spacial score (nSPS) is 22.0. The molecule has 2 fully saturated rings. The number of rotatable bonds is 4. The number of benzene rings is 1. The van der Waals surface area contributed by atoms with E-state index >= 15 is 0 Å². The standard InChI is InChI=1S/C18H25F3N2O/c19-18(20,21)17-4-2-1-3-16(17)14-22-7-5-15(6-8-22)13-23-9-11-24-12-10-23/h1-4,15H,5-14H2. The first-order chi connectivity index (χ1) is 11.5. The van der Waals surface area contributed by atoms with E-state index in [-0.39, 0.29) is 0 Å². The van der Waals surface area contributed by atoms with Gasteiger partial charge in [-0.05, 0) is 43.5 Å². The number of morpholine rings is 1. The zero-order valence-electron chi connectivity index (χ0n) is 13.9. The number of piperidine rings is 1. The van der Waals surface area contributed by atoms with E-state index in [2.05, 4.69) is 9.80 Å². The van der Waals surface area contributed by atoms with Gasteiger partial charge in [0.05, 0.1) is 18.8 Å². The van der Waals surface area contributed by atoms with Crippen molar-refractivity contribution in [1.29, 1.82) is 0 Å². The highest BCUT2D eigenvalue weighted by atomic mass is 19.4. The Morgan fingerprint density at radius 1 is 0.958 bits per heavy atom. The molecule has 24 heavy (non-hydrogen) atoms. The summed E-state index contributed by atoms with van der Waals surface area (Å²) in [6.45, 7) is 6.86. The summed E-state index contributed by atoms with van der Waals surface area (Å²) in [7, 11) is 0. The van der Waals surface area contributed by atoms with Crippen LogP contribution < -0.4 is 0 Å². The zero-order chi connectivity index (χ0) is 17.0. The Bertz CT molecular complexity index is 521. The van der Waals surface area contributed by atoms with Crippen LogP contribution in [0.5, 0.6) is 0 Å². The van der Waals surface area contributed by atoms with Gasteiger partial charge < -0.3 is 4.74 Å². The van der Waals surface area contributed by atoms with Gasteiger partial charge in [-0.1, -0.05) is 18.2 Å². The van der Waals surface area contributed by atoms with Crippen LogP contribution in [0.25, 0.3) is 0 Å². The lowest BCUT2D eigenvalue weighted by atomic mass is 9.95. The van der Waals surface area contributed by atoms with Crippen molar-refractivity contribution in [2.45, 2.75) is 25.6 Å². The summed E-state index contributed by atoms with van der Waals surface area (Å²) in [4.78, 5) is 4.60. The van der Waals surface area contributed by atoms with Gasteiger partial charge in [0.15, 0.2) is 0 Å². The van der Waals surface area contributed by atoms with Crippen molar-refractivity contribution >= 4 is 0 Å². The van der Waals surface area contributed by atoms with Gasteiger partial charge in [0.1, 0.15) is 0 Å². The zero-order valence-corrected chi connectivity index (χ0v) is 13.9. The Kier molecular flexibility index (Phi) is 5.79. The van der Waals surface area contributed by atoms with Gasteiger partial charge in [-0.3, -0.25) is 9.80 Å². The van der Waals surface area contributed by atoms with Gasteiger partial charge in [-0.15, -0.1) is 0 Å². The predicted molar refractivity (Wildman–Crippen MR) is 86.7 cm³/mol. The molecular weight excluding hydrogens is 317 g/mol. The number of halogens is 3. The van der Waals surface area contributed by atoms with Gasteiger partial charge in [0, 0.05) is 26.2 Å². The summed E-state index contributed by atoms with van der Waals surface area (Å²) >= 11 is 0. The van der Waals surface area contributed by atoms with Crippen LogP contribution in [0.15, 0.2) is 24.3 Å². The molecule has 134 valence electrons. The number of hydrogen-bond donors (Lipinski definition) is 0. The first kappa shape index (κ1) is 17.7. The highest BCUT2D eigenvalue weighted by Gasteiger charge is 2.33. The van der Waals surface area contributed by atoms with Gasteiger partial charge in [-0.25, -0.2) is 0 Å². The monoisotopic (exact) mass is 342 g/mol. The molecule has 2 heterocycles. The lowest BCUT2D eigenvalue weighted by Gasteiger charge is -2.36. The Labute approximate surface area is 141 Å². The molecular formula is C18H25F3N2O. The van der Waals surface area contributed by atoms with Gasteiger partial charge in [0.25, 0.3) is 0 Å². The van der Waals surface area contributed by atoms with Crippen molar-refractivity contribution in [2.24, 2.45) is 5.92 Å². The number of ether oxygens (including phenoxy) is 1. The molecule has 0 radical (unpaired) electrons. The molecule has 1 aromatic carbocycles. The Morgan fingerprint density at radius 2 is 1.62 bits per heavy atom. The third-order valence-electron chi connectivity index (χ3n) is 5.04. The molecule has 1 aromatic rings. The topological polar surface area (TPSA) is 15.7 Å². The summed E-state index contributed by atoms with van der Waals surface area (Å²) in [5.41, 5.74) is -0.114. The molecule has 0 aliphatic carbocycles. The molecule has 3 rings (SSSR count). The van der Waals surface area contributed by atoms with Crippen molar-refractivity contribution < 1.29 is 17.9 Å². The summed E-state index contributed by atoms with van der Waals surface area (Å²) in [6.07, 6.45) is -2.15. The smallest absolute Gasteiger partial charge is 0.379 e. The fourth-order valence-electron chi connectivity index (χ4n) is 3.65. The molecule has 3 nitrogen and oxygen atoms in total. The van der Waals surface area contributed by atoms with Crippen LogP contribution in [0.1, 0.15) is 24.0 Å². The van der Waals surface area contributed by atoms with Crippen molar-refractivity contribution in [3.8, 4) is 0 Å². The van der Waals surface area contributed by atoms with E-state index in [1.165, 1.54) is 12.1 Å². The van der Waals surface area contributed by atoms with Crippen molar-refractivity contribution in [3.63, 3.8) is 0 Å². The molecule has 6 heteroatoms. The molecule has 0 unspecified atom stereocenters. The molecule has 2 aliphatic heterocycles. The van der Waals surface area contributed by atoms with E-state index in [4.69, 9.17) is 4.74 Å². The highest BCUT2D eigenvalue weighted by molar-refractivity contribution is 5.29.